The van der Waals surface area contributed by atoms with Crippen molar-refractivity contribution >= 4 is 16.7 Å². The third-order valence-corrected chi connectivity index (χ3v) is 2.94. The zero-order valence-corrected chi connectivity index (χ0v) is 15.6. The molecule has 0 aliphatic carbocycles. The monoisotopic (exact) mass is 303 g/mol. The highest BCUT2D eigenvalue weighted by atomic mass is 15.1. The Hall–Kier alpha value is -1.77. The summed E-state index contributed by atoms with van der Waals surface area (Å²) in [5, 5.41) is 1.23. The highest BCUT2D eigenvalue weighted by molar-refractivity contribution is 5.93. The maximum atomic E-state index is 4.38. The Morgan fingerprint density at radius 3 is 2.41 bits per heavy atom. The smallest absolute Gasteiger partial charge is 0.139 e. The first-order valence-electron chi connectivity index (χ1n) is 8.47. The Morgan fingerprint density at radius 1 is 1.23 bits per heavy atom. The number of nitrogens with zero attached hydrogens (tertiary/aromatic N) is 2. The van der Waals surface area contributed by atoms with Gasteiger partial charge in [0, 0.05) is 30.5 Å². The molecule has 0 fully saturated rings. The summed E-state index contributed by atoms with van der Waals surface area (Å²) in [6.07, 6.45) is 7.23. The molecule has 2 heterocycles. The molecule has 0 spiro atoms. The summed E-state index contributed by atoms with van der Waals surface area (Å²) in [7, 11) is 0. The van der Waals surface area contributed by atoms with E-state index in [9.17, 15) is 0 Å². The third kappa shape index (κ3) is 5.21. The lowest BCUT2D eigenvalue weighted by Crippen LogP contribution is -2.17. The molecule has 0 saturated carbocycles. The molecule has 1 N–H and O–H groups in total. The van der Waals surface area contributed by atoms with Crippen molar-refractivity contribution in [2.24, 2.45) is 0 Å². The highest BCUT2D eigenvalue weighted by Crippen LogP contribution is 2.28. The van der Waals surface area contributed by atoms with Gasteiger partial charge in [0.25, 0.3) is 0 Å². The van der Waals surface area contributed by atoms with E-state index >= 15 is 0 Å². The van der Waals surface area contributed by atoms with E-state index in [-0.39, 0.29) is 0 Å². The van der Waals surface area contributed by atoms with Crippen LogP contribution in [0.25, 0.3) is 11.0 Å². The SMILES string of the molecule is CC.CC.CCCN(C=C(C)C)c1ccnc2[nH]cc(C)c12. The Kier molecular flexibility index (Phi) is 10.0. The van der Waals surface area contributed by atoms with E-state index in [1.165, 1.54) is 22.2 Å². The van der Waals surface area contributed by atoms with Crippen molar-refractivity contribution in [1.82, 2.24) is 9.97 Å². The van der Waals surface area contributed by atoms with Crippen molar-refractivity contribution in [1.29, 1.82) is 0 Å². The minimum absolute atomic E-state index is 0.966. The van der Waals surface area contributed by atoms with Crippen LogP contribution in [0.15, 0.2) is 30.2 Å². The molecule has 124 valence electrons. The van der Waals surface area contributed by atoms with Crippen molar-refractivity contribution in [3.8, 4) is 0 Å². The Labute approximate surface area is 136 Å². The van der Waals surface area contributed by atoms with Crippen molar-refractivity contribution in [2.75, 3.05) is 11.4 Å². The Balaban J connectivity index is 0.00000102. The molecule has 0 aliphatic rings. The zero-order valence-electron chi connectivity index (χ0n) is 15.6. The van der Waals surface area contributed by atoms with Gasteiger partial charge in [0.2, 0.25) is 0 Å². The van der Waals surface area contributed by atoms with Crippen LogP contribution < -0.4 is 4.90 Å². The number of aromatic amines is 1. The van der Waals surface area contributed by atoms with Crippen LogP contribution in [-0.2, 0) is 0 Å². The molecule has 2 aromatic rings. The van der Waals surface area contributed by atoms with Crippen LogP contribution in [-0.4, -0.2) is 16.5 Å². The largest absolute Gasteiger partial charge is 0.347 e. The van der Waals surface area contributed by atoms with Gasteiger partial charge in [0.1, 0.15) is 5.65 Å². The lowest BCUT2D eigenvalue weighted by Gasteiger charge is -2.21. The van der Waals surface area contributed by atoms with E-state index in [2.05, 4.69) is 54.8 Å². The number of nitrogens with one attached hydrogen (secondary N) is 1. The van der Waals surface area contributed by atoms with E-state index in [4.69, 9.17) is 0 Å². The van der Waals surface area contributed by atoms with Gasteiger partial charge in [-0.2, -0.15) is 0 Å². The molecule has 2 rings (SSSR count). The minimum atomic E-state index is 0.966. The first kappa shape index (κ1) is 20.2. The van der Waals surface area contributed by atoms with Gasteiger partial charge < -0.3 is 9.88 Å². The van der Waals surface area contributed by atoms with Crippen LogP contribution in [0.3, 0.4) is 0 Å². The molecule has 0 amide bonds. The maximum Gasteiger partial charge on any atom is 0.139 e. The van der Waals surface area contributed by atoms with Gasteiger partial charge in [0.15, 0.2) is 0 Å². The normalized spacial score (nSPS) is 9.27. The quantitative estimate of drug-likeness (QED) is 0.744. The topological polar surface area (TPSA) is 31.9 Å². The summed E-state index contributed by atoms with van der Waals surface area (Å²) in [6.45, 7) is 17.6. The van der Waals surface area contributed by atoms with Crippen LogP contribution in [0.2, 0.25) is 0 Å². The molecule has 0 unspecified atom stereocenters. The van der Waals surface area contributed by atoms with E-state index in [1.54, 1.807) is 0 Å². The van der Waals surface area contributed by atoms with Gasteiger partial charge >= 0.3 is 0 Å². The van der Waals surface area contributed by atoms with E-state index in [0.717, 1.165) is 18.6 Å². The van der Waals surface area contributed by atoms with Gasteiger partial charge in [-0.25, -0.2) is 4.98 Å². The number of anilines is 1. The van der Waals surface area contributed by atoms with Crippen LogP contribution in [0, 0.1) is 6.92 Å². The maximum absolute atomic E-state index is 4.38. The fraction of sp³-hybridized carbons (Fsp3) is 0.526. The molecule has 0 atom stereocenters. The fourth-order valence-electron chi connectivity index (χ4n) is 2.25. The lowest BCUT2D eigenvalue weighted by atomic mass is 10.2. The highest BCUT2D eigenvalue weighted by Gasteiger charge is 2.11. The molecule has 2 aromatic heterocycles. The van der Waals surface area contributed by atoms with Gasteiger partial charge in [-0.05, 0) is 38.8 Å². The van der Waals surface area contributed by atoms with E-state index < -0.39 is 0 Å². The second kappa shape index (κ2) is 10.9. The average molecular weight is 303 g/mol. The van der Waals surface area contributed by atoms with E-state index in [0.29, 0.717) is 0 Å². The van der Waals surface area contributed by atoms with Crippen molar-refractivity contribution in [3.63, 3.8) is 0 Å². The Morgan fingerprint density at radius 2 is 1.86 bits per heavy atom. The number of allylic oxidation sites excluding steroid dienone is 1. The molecular formula is C19H33N3. The number of aryl methyl sites for hydroxylation is 1. The standard InChI is InChI=1S/C15H21N3.2C2H6/c1-5-8-18(10-11(2)3)13-6-7-16-15-14(13)12(4)9-17-15;2*1-2/h6-7,9-10H,5,8H2,1-4H3,(H,16,17);2*1-2H3. The average Bonchev–Trinajstić information content (AvgIpc) is 2.92. The fourth-order valence-corrected chi connectivity index (χ4v) is 2.25. The Bertz CT molecular complexity index is 563. The van der Waals surface area contributed by atoms with Gasteiger partial charge in [0.05, 0.1) is 5.69 Å². The zero-order chi connectivity index (χ0) is 17.1. The second-order valence-corrected chi connectivity index (χ2v) is 4.93. The van der Waals surface area contributed by atoms with Gasteiger partial charge in [-0.1, -0.05) is 40.2 Å². The van der Waals surface area contributed by atoms with Crippen molar-refractivity contribution in [2.45, 2.75) is 61.8 Å². The van der Waals surface area contributed by atoms with Crippen LogP contribution >= 0.6 is 0 Å². The summed E-state index contributed by atoms with van der Waals surface area (Å²) in [5.74, 6) is 0. The van der Waals surface area contributed by atoms with Crippen molar-refractivity contribution in [3.05, 3.63) is 35.8 Å². The number of H-pyrrole nitrogens is 1. The molecule has 22 heavy (non-hydrogen) atoms. The van der Waals surface area contributed by atoms with Gasteiger partial charge in [-0.15, -0.1) is 0 Å². The number of fused-ring (bicyclic) bond motifs is 1. The van der Waals surface area contributed by atoms with Crippen LogP contribution in [0.1, 0.15) is 60.5 Å². The number of pyridine rings is 1. The number of aromatic nitrogens is 2. The summed E-state index contributed by atoms with van der Waals surface area (Å²) in [5.41, 5.74) is 4.76. The molecular weight excluding hydrogens is 270 g/mol. The summed E-state index contributed by atoms with van der Waals surface area (Å²) in [4.78, 5) is 9.92. The predicted octanol–water partition coefficient (Wildman–Crippen LogP) is 6.06. The second-order valence-electron chi connectivity index (χ2n) is 4.93. The summed E-state index contributed by atoms with van der Waals surface area (Å²) in [6, 6.07) is 2.10. The minimum Gasteiger partial charge on any atom is -0.347 e. The van der Waals surface area contributed by atoms with E-state index in [1.807, 2.05) is 40.1 Å². The number of hydrogen-bond acceptors (Lipinski definition) is 2. The first-order valence-corrected chi connectivity index (χ1v) is 8.47. The lowest BCUT2D eigenvalue weighted by molar-refractivity contribution is 0.877. The molecule has 3 heteroatoms. The first-order chi connectivity index (χ1) is 10.6. The summed E-state index contributed by atoms with van der Waals surface area (Å²) >= 11 is 0. The van der Waals surface area contributed by atoms with Gasteiger partial charge in [-0.3, -0.25) is 0 Å². The summed E-state index contributed by atoms with van der Waals surface area (Å²) < 4.78 is 0. The molecule has 0 radical (unpaired) electrons. The molecule has 3 nitrogen and oxygen atoms in total. The molecule has 0 aliphatic heterocycles. The predicted molar refractivity (Wildman–Crippen MR) is 101 cm³/mol. The molecule has 0 aromatic carbocycles. The van der Waals surface area contributed by atoms with Crippen molar-refractivity contribution < 1.29 is 0 Å². The van der Waals surface area contributed by atoms with Crippen LogP contribution in [0.4, 0.5) is 5.69 Å². The molecule has 0 bridgehead atoms. The van der Waals surface area contributed by atoms with Crippen LogP contribution in [0.5, 0.6) is 0 Å². The third-order valence-electron chi connectivity index (χ3n) is 2.94. The molecule has 0 saturated heterocycles. The number of rotatable bonds is 4. The number of hydrogen-bond donors (Lipinski definition) is 1.